The van der Waals surface area contributed by atoms with Crippen LogP contribution < -0.4 is 52.4 Å². The van der Waals surface area contributed by atoms with E-state index < -0.39 is 0 Å². The number of rotatable bonds is 18. The van der Waals surface area contributed by atoms with Crippen molar-refractivity contribution in [3.63, 3.8) is 0 Å². The molecule has 0 aliphatic carbocycles. The summed E-state index contributed by atoms with van der Waals surface area (Å²) in [5.41, 5.74) is 41.1. The molecule has 14 aromatic rings. The Bertz CT molecular complexity index is 5390. The monoisotopic (exact) mass is 1670 g/mol. The Balaban J connectivity index is 0.000000189. The highest BCUT2D eigenvalue weighted by Crippen LogP contribution is 2.46. The van der Waals surface area contributed by atoms with Crippen LogP contribution in [0.4, 0.5) is 68.2 Å². The number of halogens is 2. The fraction of sp³-hybridized carbons (Fsp3) is 0.236. The smallest absolute Gasteiger partial charge is 0.247 e. The number of fused-ring (bicyclic) bond motifs is 4. The van der Waals surface area contributed by atoms with E-state index in [4.69, 9.17) is 0 Å². The average molecular weight is 1680 g/mol. The number of hydrogen-bond acceptors (Lipinski definition) is 4. The molecule has 118 heavy (non-hydrogen) atoms. The lowest BCUT2D eigenvalue weighted by Gasteiger charge is -2.40. The third-order valence-corrected chi connectivity index (χ3v) is 24.5. The van der Waals surface area contributed by atoms with Crippen LogP contribution in [0.1, 0.15) is 204 Å². The van der Waals surface area contributed by atoms with Gasteiger partial charge in [0.1, 0.15) is 0 Å². The third kappa shape index (κ3) is 18.5. The molecule has 0 radical (unpaired) electrons. The van der Waals surface area contributed by atoms with Crippen LogP contribution in [0, 0.1) is 41.5 Å². The predicted octanol–water partition coefficient (Wildman–Crippen LogP) is 28.9. The van der Waals surface area contributed by atoms with E-state index in [2.05, 4.69) is 479 Å². The second-order valence-electron chi connectivity index (χ2n) is 34.4. The van der Waals surface area contributed by atoms with Crippen LogP contribution in [0.3, 0.4) is 0 Å². The van der Waals surface area contributed by atoms with Gasteiger partial charge in [0, 0.05) is 77.2 Å². The quantitative estimate of drug-likeness (QED) is 0.0794. The van der Waals surface area contributed by atoms with Crippen molar-refractivity contribution in [2.45, 2.75) is 174 Å². The van der Waals surface area contributed by atoms with Crippen LogP contribution in [-0.4, -0.2) is 13.4 Å². The maximum absolute atomic E-state index is 3.79. The molecule has 4 nitrogen and oxygen atoms in total. The zero-order valence-electron chi connectivity index (χ0n) is 71.7. The lowest BCUT2D eigenvalue weighted by molar-refractivity contribution is 0.812. The maximum atomic E-state index is 3.79. The van der Waals surface area contributed by atoms with Crippen molar-refractivity contribution < 1.29 is 0 Å². The van der Waals surface area contributed by atoms with Gasteiger partial charge in [-0.1, -0.05) is 349 Å². The Labute approximate surface area is 724 Å². The summed E-state index contributed by atoms with van der Waals surface area (Å²) >= 11 is 7.57. The molecule has 0 fully saturated rings. The van der Waals surface area contributed by atoms with Gasteiger partial charge in [0.15, 0.2) is 0 Å². The fourth-order valence-corrected chi connectivity index (χ4v) is 17.8. The first-order chi connectivity index (χ1) is 56.3. The topological polar surface area (TPSA) is 13.0 Å². The average Bonchev–Trinajstić information content (AvgIpc) is 0.720. The van der Waals surface area contributed by atoms with Gasteiger partial charge in [-0.3, -0.25) is 0 Å². The highest BCUT2D eigenvalue weighted by atomic mass is 79.9. The Kier molecular flexibility index (Phi) is 26.8. The number of aryl methyl sites for hydroxylation is 6. The molecule has 2 heterocycles. The second kappa shape index (κ2) is 37.1. The first-order valence-corrected chi connectivity index (χ1v) is 43.8. The van der Waals surface area contributed by atoms with Crippen LogP contribution in [0.25, 0.3) is 0 Å². The number of benzene rings is 14. The zero-order chi connectivity index (χ0) is 82.6. The zero-order valence-corrected chi connectivity index (χ0v) is 74.9. The molecule has 0 N–H and O–H groups in total. The van der Waals surface area contributed by atoms with Crippen LogP contribution in [0.2, 0.25) is 0 Å². The standard InChI is InChI=1S/C61H62BN3.C33H34BBr2N.C15H16.CH4/c1-40(2)47-36-55(41(3)4)61(56(37-47)42(5)6)62-57-34-32-53(63(49-24-16-43(7)17-25-49)50-26-18-44(8)19-27-50)38-59(57)65(48-14-12-11-13-15-48)60-39-54(33-35-58(60)62)64(51-28-20-45(9)21-29-51)52-30-22-46(10)23-31-52;1-20(2)23-16-27(21(3)4)33(28(17-23)22(5)6)34-29-14-12-24(35)18-31(29)37(26-10-8-7-9-11-26)32-19-25(36)13-15-30(32)34;1-12-3-7-14(8-4-12)11-15-9-5-13(2)6-10-15;/h11-42H,1-10H3;7-22H,1-6H3;3-10H,11H2,1-2H3;1H4. The molecule has 0 spiro atoms. The van der Waals surface area contributed by atoms with E-state index in [1.54, 1.807) is 0 Å². The third-order valence-electron chi connectivity index (χ3n) is 23.5. The van der Waals surface area contributed by atoms with Crippen molar-refractivity contribution in [2.24, 2.45) is 0 Å². The Hall–Kier alpha value is -10.6. The molecular weight excluding hydrogens is 1560 g/mol. The van der Waals surface area contributed by atoms with E-state index in [1.165, 1.54) is 139 Å². The van der Waals surface area contributed by atoms with Crippen LogP contribution in [0.15, 0.2) is 312 Å². The molecule has 0 aromatic heterocycles. The number of anilines is 12. The summed E-state index contributed by atoms with van der Waals surface area (Å²) in [6.45, 7) is 41.2. The van der Waals surface area contributed by atoms with Gasteiger partial charge < -0.3 is 19.6 Å². The number of nitrogens with zero attached hydrogens (tertiary/aromatic N) is 4. The molecule has 16 rings (SSSR count). The summed E-state index contributed by atoms with van der Waals surface area (Å²) < 4.78 is 2.18. The molecule has 0 atom stereocenters. The highest BCUT2D eigenvalue weighted by Gasteiger charge is 2.42. The molecular formula is C110H116B2Br2N4. The van der Waals surface area contributed by atoms with E-state index in [9.17, 15) is 0 Å². The molecule has 596 valence electrons. The largest absolute Gasteiger partial charge is 0.311 e. The van der Waals surface area contributed by atoms with Gasteiger partial charge in [-0.25, -0.2) is 0 Å². The van der Waals surface area contributed by atoms with Crippen molar-refractivity contribution in [3.05, 3.63) is 390 Å². The minimum absolute atomic E-state index is 0. The Morgan fingerprint density at radius 1 is 0.263 bits per heavy atom. The van der Waals surface area contributed by atoms with Gasteiger partial charge in [-0.2, -0.15) is 0 Å². The summed E-state index contributed by atoms with van der Waals surface area (Å²) in [5, 5.41) is 0. The van der Waals surface area contributed by atoms with E-state index in [-0.39, 0.29) is 20.9 Å². The second-order valence-corrected chi connectivity index (χ2v) is 36.2. The van der Waals surface area contributed by atoms with Crippen molar-refractivity contribution in [1.29, 1.82) is 0 Å². The molecule has 0 saturated carbocycles. The van der Waals surface area contributed by atoms with Crippen LogP contribution in [-0.2, 0) is 6.42 Å². The molecule has 0 bridgehead atoms. The molecule has 0 unspecified atom stereocenters. The van der Waals surface area contributed by atoms with Gasteiger partial charge in [-0.15, -0.1) is 0 Å². The summed E-state index contributed by atoms with van der Waals surface area (Å²) in [6, 6.07) is 113. The van der Waals surface area contributed by atoms with Crippen molar-refractivity contribution in [2.75, 3.05) is 19.6 Å². The molecule has 8 heteroatoms. The summed E-state index contributed by atoms with van der Waals surface area (Å²) in [7, 11) is 0. The highest BCUT2D eigenvalue weighted by molar-refractivity contribution is 9.10. The van der Waals surface area contributed by atoms with Crippen LogP contribution in [0.5, 0.6) is 0 Å². The number of hydrogen-bond donors (Lipinski definition) is 0. The molecule has 2 aliphatic heterocycles. The molecule has 2 aliphatic rings. The minimum atomic E-state index is -0.0153. The lowest BCUT2D eigenvalue weighted by atomic mass is 9.33. The SMILES string of the molecule is C.CC(C)c1cc(C(C)C)c(B2c3ccc(Br)cc3N(c3ccccc3)c3cc(Br)ccc32)c(C(C)C)c1.Cc1ccc(Cc2ccc(C)cc2)cc1.Cc1ccc(N(c2ccc(C)cc2)c2ccc3c(c2)N(c2ccccc2)c2cc(N(c4ccc(C)cc4)c4ccc(C)cc4)ccc2B3c2c(C(C)C)cc(C(C)C)cc2C(C)C)cc1. The Morgan fingerprint density at radius 3 is 0.754 bits per heavy atom. The van der Waals surface area contributed by atoms with Gasteiger partial charge in [0.25, 0.3) is 0 Å². The molecule has 14 aromatic carbocycles. The van der Waals surface area contributed by atoms with E-state index in [1.807, 2.05) is 0 Å². The normalized spacial score (nSPS) is 12.1. The van der Waals surface area contributed by atoms with Crippen molar-refractivity contribution in [1.82, 2.24) is 0 Å². The molecule has 0 saturated heterocycles. The van der Waals surface area contributed by atoms with Gasteiger partial charge >= 0.3 is 0 Å². The first-order valence-electron chi connectivity index (χ1n) is 42.2. The van der Waals surface area contributed by atoms with Crippen molar-refractivity contribution >= 4 is 146 Å². The maximum Gasteiger partial charge on any atom is 0.247 e. The van der Waals surface area contributed by atoms with Gasteiger partial charge in [-0.05, 0) is 271 Å². The summed E-state index contributed by atoms with van der Waals surface area (Å²) in [4.78, 5) is 9.78. The van der Waals surface area contributed by atoms with Crippen molar-refractivity contribution in [3.8, 4) is 0 Å². The van der Waals surface area contributed by atoms with E-state index in [0.717, 1.165) is 55.2 Å². The summed E-state index contributed by atoms with van der Waals surface area (Å²) in [5.74, 6) is 2.43. The Morgan fingerprint density at radius 2 is 0.500 bits per heavy atom. The summed E-state index contributed by atoms with van der Waals surface area (Å²) in [6.07, 6.45) is 1.03. The minimum Gasteiger partial charge on any atom is -0.311 e. The lowest BCUT2D eigenvalue weighted by Crippen LogP contribution is -2.59. The predicted molar refractivity (Wildman–Crippen MR) is 525 cm³/mol. The molecule has 0 amide bonds. The van der Waals surface area contributed by atoms with Crippen LogP contribution >= 0.6 is 31.9 Å². The van der Waals surface area contributed by atoms with E-state index >= 15 is 0 Å². The van der Waals surface area contributed by atoms with E-state index in [0.29, 0.717) is 35.5 Å². The van der Waals surface area contributed by atoms with Gasteiger partial charge in [0.05, 0.1) is 0 Å². The first kappa shape index (κ1) is 85.3. The number of para-hydroxylation sites is 2. The fourth-order valence-electron chi connectivity index (χ4n) is 17.1. The van der Waals surface area contributed by atoms with Gasteiger partial charge in [0.2, 0.25) is 13.4 Å².